The third kappa shape index (κ3) is 4.09. The average Bonchev–Trinajstić information content (AvgIpc) is 3.44. The van der Waals surface area contributed by atoms with Gasteiger partial charge >= 0.3 is 0 Å². The Morgan fingerprint density at radius 2 is 1.91 bits per heavy atom. The summed E-state index contributed by atoms with van der Waals surface area (Å²) in [6, 6.07) is 18.4. The fourth-order valence-corrected chi connectivity index (χ4v) is 6.70. The van der Waals surface area contributed by atoms with Crippen LogP contribution in [0.15, 0.2) is 64.9 Å². The Kier molecular flexibility index (Phi) is 6.33. The third-order valence-electron chi connectivity index (χ3n) is 6.55. The normalized spacial score (nSPS) is 16.9. The second kappa shape index (κ2) is 9.26. The molecule has 3 heterocycles. The Labute approximate surface area is 205 Å². The molecule has 178 valence electrons. The smallest absolute Gasteiger partial charge is 0.242 e. The Morgan fingerprint density at radius 3 is 2.65 bits per heavy atom. The number of nitrogens with zero attached hydrogens (tertiary/aromatic N) is 4. The van der Waals surface area contributed by atoms with Gasteiger partial charge in [-0.1, -0.05) is 37.3 Å². The van der Waals surface area contributed by atoms with Crippen LogP contribution in [-0.2, 0) is 29.5 Å². The van der Waals surface area contributed by atoms with Crippen molar-refractivity contribution >= 4 is 32.4 Å². The van der Waals surface area contributed by atoms with E-state index in [0.717, 1.165) is 42.8 Å². The van der Waals surface area contributed by atoms with E-state index in [1.165, 1.54) is 20.3 Å². The van der Waals surface area contributed by atoms with E-state index >= 15 is 0 Å². The Hall–Kier alpha value is -2.52. The Bertz CT molecular complexity index is 1410. The quantitative estimate of drug-likeness (QED) is 0.366. The lowest BCUT2D eigenvalue weighted by Gasteiger charge is -2.36. The minimum atomic E-state index is -3.51. The molecule has 1 aliphatic rings. The van der Waals surface area contributed by atoms with Crippen molar-refractivity contribution in [1.82, 2.24) is 18.8 Å². The summed E-state index contributed by atoms with van der Waals surface area (Å²) >= 11 is 1.85. The number of imidazole rings is 1. The van der Waals surface area contributed by atoms with Crippen molar-refractivity contribution in [3.63, 3.8) is 0 Å². The van der Waals surface area contributed by atoms with Gasteiger partial charge in [-0.2, -0.15) is 0 Å². The third-order valence-corrected chi connectivity index (χ3v) is 9.36. The van der Waals surface area contributed by atoms with Gasteiger partial charge in [0, 0.05) is 32.1 Å². The van der Waals surface area contributed by atoms with Crippen molar-refractivity contribution in [2.75, 3.05) is 20.6 Å². The summed E-state index contributed by atoms with van der Waals surface area (Å²) in [6.45, 7) is 4.67. The van der Waals surface area contributed by atoms with Crippen molar-refractivity contribution < 1.29 is 8.42 Å². The number of benzene rings is 2. The summed E-state index contributed by atoms with van der Waals surface area (Å²) in [5, 5.41) is 2.20. The highest BCUT2D eigenvalue weighted by Gasteiger charge is 2.31. The summed E-state index contributed by atoms with van der Waals surface area (Å²) in [6.07, 6.45) is 2.02. The molecule has 5 rings (SSSR count). The van der Waals surface area contributed by atoms with Gasteiger partial charge in [0.15, 0.2) is 0 Å². The number of rotatable bonds is 7. The minimum absolute atomic E-state index is 0.191. The zero-order valence-electron chi connectivity index (χ0n) is 19.8. The maximum Gasteiger partial charge on any atom is 0.242 e. The maximum absolute atomic E-state index is 12.7. The van der Waals surface area contributed by atoms with Crippen LogP contribution in [-0.4, -0.2) is 47.8 Å². The maximum atomic E-state index is 12.7. The molecule has 0 amide bonds. The Morgan fingerprint density at radius 1 is 1.12 bits per heavy atom. The van der Waals surface area contributed by atoms with E-state index in [1.807, 2.05) is 17.4 Å². The molecule has 0 bridgehead atoms. The minimum Gasteiger partial charge on any atom is -0.327 e. The first kappa shape index (κ1) is 23.2. The first-order valence-corrected chi connectivity index (χ1v) is 14.0. The number of thiophene rings is 1. The van der Waals surface area contributed by atoms with E-state index in [4.69, 9.17) is 4.98 Å². The molecule has 2 aromatic heterocycles. The lowest BCUT2D eigenvalue weighted by Crippen LogP contribution is -2.35. The van der Waals surface area contributed by atoms with Crippen LogP contribution in [0, 0.1) is 0 Å². The number of hydrogen-bond acceptors (Lipinski definition) is 5. The second-order valence-corrected chi connectivity index (χ2v) is 12.1. The molecule has 0 spiro atoms. The largest absolute Gasteiger partial charge is 0.327 e. The van der Waals surface area contributed by atoms with Crippen LogP contribution < -0.4 is 0 Å². The standard InChI is InChI=1S/C26H30N4O2S2/c1-4-14-30-23-11-10-20(34(31,32)28(2)3)17-22(23)27-25(30)18-29-15-12-24-21(13-16-33-24)26(29)19-8-6-5-7-9-19/h5-11,13,16-17,26H,4,12,14-15,18H2,1-3H3. The van der Waals surface area contributed by atoms with Gasteiger partial charge in [0.1, 0.15) is 5.82 Å². The SMILES string of the molecule is CCCn1c(CN2CCc3sccc3C2c2ccccc2)nc2cc(S(=O)(=O)N(C)C)ccc21. The van der Waals surface area contributed by atoms with E-state index in [2.05, 4.69) is 58.2 Å². The van der Waals surface area contributed by atoms with Gasteiger partial charge in [-0.25, -0.2) is 17.7 Å². The first-order valence-electron chi connectivity index (χ1n) is 11.7. The number of sulfonamides is 1. The van der Waals surface area contributed by atoms with Gasteiger partial charge in [-0.15, -0.1) is 11.3 Å². The molecule has 2 aromatic carbocycles. The molecule has 6 nitrogen and oxygen atoms in total. The molecule has 1 unspecified atom stereocenters. The summed E-state index contributed by atoms with van der Waals surface area (Å²) < 4.78 is 28.9. The van der Waals surface area contributed by atoms with E-state index in [-0.39, 0.29) is 10.9 Å². The van der Waals surface area contributed by atoms with E-state index in [9.17, 15) is 8.42 Å². The van der Waals surface area contributed by atoms with Gasteiger partial charge in [0.05, 0.1) is 28.5 Å². The molecular formula is C26H30N4O2S2. The molecule has 0 N–H and O–H groups in total. The lowest BCUT2D eigenvalue weighted by atomic mass is 9.93. The van der Waals surface area contributed by atoms with Crippen molar-refractivity contribution in [3.05, 3.63) is 81.8 Å². The lowest BCUT2D eigenvalue weighted by molar-refractivity contribution is 0.198. The molecule has 34 heavy (non-hydrogen) atoms. The summed E-state index contributed by atoms with van der Waals surface area (Å²) in [5.74, 6) is 0.982. The highest BCUT2D eigenvalue weighted by molar-refractivity contribution is 7.89. The number of aromatic nitrogens is 2. The molecule has 4 aromatic rings. The van der Waals surface area contributed by atoms with Crippen LogP contribution in [0.5, 0.6) is 0 Å². The van der Waals surface area contributed by atoms with E-state index in [1.54, 1.807) is 26.2 Å². The molecule has 0 saturated heterocycles. The van der Waals surface area contributed by atoms with Gasteiger partial charge in [-0.05, 0) is 53.6 Å². The molecule has 0 saturated carbocycles. The van der Waals surface area contributed by atoms with Crippen LogP contribution >= 0.6 is 11.3 Å². The monoisotopic (exact) mass is 494 g/mol. The molecular weight excluding hydrogens is 464 g/mol. The first-order chi connectivity index (χ1) is 16.4. The summed E-state index contributed by atoms with van der Waals surface area (Å²) in [4.78, 5) is 9.22. The summed E-state index contributed by atoms with van der Waals surface area (Å²) in [5.41, 5.74) is 4.40. The van der Waals surface area contributed by atoms with Crippen molar-refractivity contribution in [3.8, 4) is 0 Å². The van der Waals surface area contributed by atoms with Crippen LogP contribution in [0.25, 0.3) is 11.0 Å². The second-order valence-electron chi connectivity index (χ2n) is 8.95. The van der Waals surface area contributed by atoms with Gasteiger partial charge in [0.25, 0.3) is 0 Å². The van der Waals surface area contributed by atoms with E-state index in [0.29, 0.717) is 6.54 Å². The molecule has 0 radical (unpaired) electrons. The van der Waals surface area contributed by atoms with Crippen molar-refractivity contribution in [2.24, 2.45) is 0 Å². The fraction of sp³-hybridized carbons (Fsp3) is 0.346. The van der Waals surface area contributed by atoms with Gasteiger partial charge < -0.3 is 4.57 Å². The van der Waals surface area contributed by atoms with Gasteiger partial charge in [-0.3, -0.25) is 4.90 Å². The highest BCUT2D eigenvalue weighted by atomic mass is 32.2. The van der Waals surface area contributed by atoms with E-state index < -0.39 is 10.0 Å². The highest BCUT2D eigenvalue weighted by Crippen LogP contribution is 2.38. The van der Waals surface area contributed by atoms with Gasteiger partial charge in [0.2, 0.25) is 10.0 Å². The topological polar surface area (TPSA) is 58.4 Å². The van der Waals surface area contributed by atoms with Crippen molar-refractivity contribution in [2.45, 2.75) is 43.8 Å². The average molecular weight is 495 g/mol. The van der Waals surface area contributed by atoms with Crippen LogP contribution in [0.2, 0.25) is 0 Å². The summed E-state index contributed by atoms with van der Waals surface area (Å²) in [7, 11) is -0.399. The van der Waals surface area contributed by atoms with Crippen LogP contribution in [0.1, 0.15) is 41.2 Å². The number of fused-ring (bicyclic) bond motifs is 2. The fourth-order valence-electron chi connectivity index (χ4n) is 4.87. The van der Waals surface area contributed by atoms with Crippen molar-refractivity contribution in [1.29, 1.82) is 0 Å². The molecule has 0 aliphatic carbocycles. The molecule has 1 aliphatic heterocycles. The Balaban J connectivity index is 1.56. The number of aryl methyl sites for hydroxylation is 1. The number of hydrogen-bond donors (Lipinski definition) is 0. The van der Waals surface area contributed by atoms with Crippen LogP contribution in [0.4, 0.5) is 0 Å². The zero-order chi connectivity index (χ0) is 23.9. The zero-order valence-corrected chi connectivity index (χ0v) is 21.4. The molecule has 1 atom stereocenters. The van der Waals surface area contributed by atoms with Crippen LogP contribution in [0.3, 0.4) is 0 Å². The predicted molar refractivity (Wildman–Crippen MR) is 138 cm³/mol. The predicted octanol–water partition coefficient (Wildman–Crippen LogP) is 4.91. The molecule has 0 fully saturated rings. The molecule has 8 heteroatoms.